The number of carbonyl (C=O) groups is 3. The molecule has 1 heterocycles. The standard InChI is InChI=1S/C21H21N3O3/c1-14-5-7-15(8-6-14)18(25)13-24-19(26)16(11-22)21(9-3-2-4-10-21)17(12-23)20(24)27/h5-8,16-17H,2-4,9-10,13H2,1H3/t16-,17-/m0/s1. The van der Waals surface area contributed by atoms with Gasteiger partial charge in [-0.3, -0.25) is 19.3 Å². The Kier molecular flexibility index (Phi) is 5.10. The van der Waals surface area contributed by atoms with Crippen molar-refractivity contribution in [2.75, 3.05) is 6.54 Å². The van der Waals surface area contributed by atoms with Crippen molar-refractivity contribution >= 4 is 17.6 Å². The van der Waals surface area contributed by atoms with Crippen molar-refractivity contribution in [3.8, 4) is 12.1 Å². The number of carbonyl (C=O) groups excluding carboxylic acids is 3. The predicted octanol–water partition coefficient (Wildman–Crippen LogP) is 2.78. The van der Waals surface area contributed by atoms with Gasteiger partial charge in [-0.1, -0.05) is 49.1 Å². The van der Waals surface area contributed by atoms with Gasteiger partial charge in [-0.2, -0.15) is 10.5 Å². The van der Waals surface area contributed by atoms with E-state index < -0.39 is 35.6 Å². The molecule has 1 saturated carbocycles. The summed E-state index contributed by atoms with van der Waals surface area (Å²) in [5, 5.41) is 19.3. The molecule has 0 aromatic heterocycles. The molecule has 1 spiro atoms. The highest BCUT2D eigenvalue weighted by molar-refractivity contribution is 6.08. The van der Waals surface area contributed by atoms with Crippen LogP contribution in [0.4, 0.5) is 0 Å². The molecule has 2 amide bonds. The molecule has 0 N–H and O–H groups in total. The van der Waals surface area contributed by atoms with Crippen LogP contribution >= 0.6 is 0 Å². The molecule has 2 atom stereocenters. The maximum absolute atomic E-state index is 12.9. The quantitative estimate of drug-likeness (QED) is 0.607. The molecular weight excluding hydrogens is 342 g/mol. The summed E-state index contributed by atoms with van der Waals surface area (Å²) in [7, 11) is 0. The van der Waals surface area contributed by atoms with Gasteiger partial charge in [-0.15, -0.1) is 0 Å². The normalized spacial score (nSPS) is 24.3. The Labute approximate surface area is 158 Å². The van der Waals surface area contributed by atoms with Crippen molar-refractivity contribution in [2.24, 2.45) is 17.3 Å². The summed E-state index contributed by atoms with van der Waals surface area (Å²) in [6.07, 6.45) is 3.58. The Balaban J connectivity index is 1.91. The lowest BCUT2D eigenvalue weighted by Gasteiger charge is -2.47. The number of piperidine rings is 1. The molecule has 2 aliphatic rings. The molecule has 6 heteroatoms. The van der Waals surface area contributed by atoms with E-state index in [1.54, 1.807) is 24.3 Å². The Morgan fingerprint density at radius 1 is 1.04 bits per heavy atom. The van der Waals surface area contributed by atoms with Crippen molar-refractivity contribution in [3.63, 3.8) is 0 Å². The minimum absolute atomic E-state index is 0.385. The van der Waals surface area contributed by atoms with Crippen molar-refractivity contribution in [3.05, 3.63) is 35.4 Å². The van der Waals surface area contributed by atoms with Crippen molar-refractivity contribution in [1.82, 2.24) is 4.90 Å². The third kappa shape index (κ3) is 3.13. The number of nitriles is 2. The van der Waals surface area contributed by atoms with Gasteiger partial charge >= 0.3 is 0 Å². The average molecular weight is 363 g/mol. The lowest BCUT2D eigenvalue weighted by atomic mass is 9.57. The molecule has 138 valence electrons. The topological polar surface area (TPSA) is 102 Å². The molecule has 27 heavy (non-hydrogen) atoms. The van der Waals surface area contributed by atoms with Crippen molar-refractivity contribution in [1.29, 1.82) is 10.5 Å². The second-order valence-corrected chi connectivity index (χ2v) is 7.47. The van der Waals surface area contributed by atoms with Gasteiger partial charge in [0, 0.05) is 11.0 Å². The van der Waals surface area contributed by atoms with Gasteiger partial charge < -0.3 is 0 Å². The summed E-state index contributed by atoms with van der Waals surface area (Å²) < 4.78 is 0. The molecule has 1 aliphatic heterocycles. The summed E-state index contributed by atoms with van der Waals surface area (Å²) in [5.74, 6) is -3.80. The van der Waals surface area contributed by atoms with Crippen LogP contribution in [-0.4, -0.2) is 29.0 Å². The van der Waals surface area contributed by atoms with E-state index in [0.29, 0.717) is 18.4 Å². The minimum Gasteiger partial charge on any atom is -0.292 e. The van der Waals surface area contributed by atoms with E-state index in [2.05, 4.69) is 0 Å². The molecule has 2 fully saturated rings. The number of aryl methyl sites for hydroxylation is 1. The first-order valence-electron chi connectivity index (χ1n) is 9.19. The number of hydrogen-bond acceptors (Lipinski definition) is 5. The zero-order valence-corrected chi connectivity index (χ0v) is 15.3. The molecule has 1 aliphatic carbocycles. The second kappa shape index (κ2) is 7.32. The Bertz CT molecular complexity index is 818. The van der Waals surface area contributed by atoms with E-state index in [-0.39, 0.29) is 5.78 Å². The zero-order chi connectivity index (χ0) is 19.6. The van der Waals surface area contributed by atoms with Gasteiger partial charge in [0.15, 0.2) is 5.78 Å². The fourth-order valence-corrected chi connectivity index (χ4v) is 4.36. The van der Waals surface area contributed by atoms with Crippen LogP contribution in [0.25, 0.3) is 0 Å². The van der Waals surface area contributed by atoms with Crippen molar-refractivity contribution in [2.45, 2.75) is 39.0 Å². The minimum atomic E-state index is -1.06. The molecular formula is C21H21N3O3. The van der Waals surface area contributed by atoms with Crippen molar-refractivity contribution < 1.29 is 14.4 Å². The lowest BCUT2D eigenvalue weighted by Crippen LogP contribution is -2.60. The van der Waals surface area contributed by atoms with E-state index >= 15 is 0 Å². The van der Waals surface area contributed by atoms with Crippen LogP contribution in [0.15, 0.2) is 24.3 Å². The Hall–Kier alpha value is -2.99. The smallest absolute Gasteiger partial charge is 0.247 e. The second-order valence-electron chi connectivity index (χ2n) is 7.47. The van der Waals surface area contributed by atoms with Gasteiger partial charge in [-0.25, -0.2) is 0 Å². The fraction of sp³-hybridized carbons (Fsp3) is 0.476. The van der Waals surface area contributed by atoms with Gasteiger partial charge in [0.05, 0.1) is 18.7 Å². The molecule has 1 saturated heterocycles. The molecule has 1 aromatic carbocycles. The SMILES string of the molecule is Cc1ccc(C(=O)CN2C(=O)[C@H](C#N)C3(CCCCC3)[C@@H](C#N)C2=O)cc1. The number of nitrogens with zero attached hydrogens (tertiary/aromatic N) is 3. The zero-order valence-electron chi connectivity index (χ0n) is 15.3. The predicted molar refractivity (Wildman–Crippen MR) is 96.0 cm³/mol. The molecule has 1 aromatic rings. The van der Waals surface area contributed by atoms with E-state index in [1.807, 2.05) is 19.1 Å². The number of hydrogen-bond donors (Lipinski definition) is 0. The van der Waals surface area contributed by atoms with E-state index in [1.165, 1.54) is 0 Å². The molecule has 6 nitrogen and oxygen atoms in total. The number of rotatable bonds is 3. The van der Waals surface area contributed by atoms with Gasteiger partial charge in [0.25, 0.3) is 0 Å². The molecule has 0 radical (unpaired) electrons. The third-order valence-corrected chi connectivity index (χ3v) is 5.89. The molecule has 0 bridgehead atoms. The Morgan fingerprint density at radius 3 is 2.04 bits per heavy atom. The summed E-state index contributed by atoms with van der Waals surface area (Å²) in [6, 6.07) is 10.9. The van der Waals surface area contributed by atoms with Gasteiger partial charge in [0.1, 0.15) is 11.8 Å². The van der Waals surface area contributed by atoms with Crippen LogP contribution in [0, 0.1) is 46.8 Å². The number of Topliss-reactive ketones (excluding diaryl/α,β-unsaturated/α-hetero) is 1. The highest BCUT2D eigenvalue weighted by atomic mass is 16.2. The maximum atomic E-state index is 12.9. The molecule has 0 unspecified atom stereocenters. The van der Waals surface area contributed by atoms with Crippen LogP contribution in [0.3, 0.4) is 0 Å². The van der Waals surface area contributed by atoms with Crippen LogP contribution in [0.1, 0.15) is 48.0 Å². The maximum Gasteiger partial charge on any atom is 0.247 e. The highest BCUT2D eigenvalue weighted by Crippen LogP contribution is 2.51. The Morgan fingerprint density at radius 2 is 1.56 bits per heavy atom. The lowest BCUT2D eigenvalue weighted by molar-refractivity contribution is -0.162. The van der Waals surface area contributed by atoms with E-state index in [4.69, 9.17) is 0 Å². The number of ketones is 1. The van der Waals surface area contributed by atoms with Crippen LogP contribution in [0.2, 0.25) is 0 Å². The number of likely N-dealkylation sites (tertiary alicyclic amines) is 1. The summed E-state index contributed by atoms with van der Waals surface area (Å²) in [4.78, 5) is 39.3. The largest absolute Gasteiger partial charge is 0.292 e. The average Bonchev–Trinajstić information content (AvgIpc) is 2.67. The van der Waals surface area contributed by atoms with Crippen LogP contribution in [0.5, 0.6) is 0 Å². The first kappa shape index (κ1) is 18.8. The molecule has 3 rings (SSSR count). The van der Waals surface area contributed by atoms with Gasteiger partial charge in [-0.05, 0) is 19.8 Å². The number of benzene rings is 1. The van der Waals surface area contributed by atoms with E-state index in [0.717, 1.165) is 29.7 Å². The third-order valence-electron chi connectivity index (χ3n) is 5.89. The first-order valence-corrected chi connectivity index (χ1v) is 9.19. The van der Waals surface area contributed by atoms with Crippen LogP contribution < -0.4 is 0 Å². The first-order chi connectivity index (χ1) is 12.9. The fourth-order valence-electron chi connectivity index (χ4n) is 4.36. The number of imide groups is 1. The summed E-state index contributed by atoms with van der Waals surface area (Å²) in [6.45, 7) is 1.46. The van der Waals surface area contributed by atoms with Gasteiger partial charge in [0.2, 0.25) is 11.8 Å². The van der Waals surface area contributed by atoms with E-state index in [9.17, 15) is 24.9 Å². The monoisotopic (exact) mass is 363 g/mol. The number of amides is 2. The summed E-state index contributed by atoms with van der Waals surface area (Å²) in [5.41, 5.74) is 0.463. The summed E-state index contributed by atoms with van der Waals surface area (Å²) >= 11 is 0. The highest BCUT2D eigenvalue weighted by Gasteiger charge is 2.59. The van der Waals surface area contributed by atoms with Crippen LogP contribution in [-0.2, 0) is 9.59 Å².